The molecule has 7 nitrogen and oxygen atoms in total. The van der Waals surface area contributed by atoms with Gasteiger partial charge >= 0.3 is 0 Å². The van der Waals surface area contributed by atoms with Gasteiger partial charge in [-0.15, -0.1) is 0 Å². The van der Waals surface area contributed by atoms with Crippen LogP contribution < -0.4 is 4.90 Å². The zero-order chi connectivity index (χ0) is 17.4. The van der Waals surface area contributed by atoms with E-state index >= 15 is 0 Å². The minimum absolute atomic E-state index is 0.0754. The number of nitrogens with zero attached hydrogens (tertiary/aromatic N) is 5. The Morgan fingerprint density at radius 3 is 2.88 bits per heavy atom. The summed E-state index contributed by atoms with van der Waals surface area (Å²) in [6.07, 6.45) is 0.150. The van der Waals surface area contributed by atoms with Crippen LogP contribution in [0.4, 0.5) is 5.95 Å². The van der Waals surface area contributed by atoms with Crippen molar-refractivity contribution >= 4 is 17.0 Å². The van der Waals surface area contributed by atoms with Gasteiger partial charge in [-0.05, 0) is 24.6 Å². The highest BCUT2D eigenvalue weighted by Gasteiger charge is 2.24. The van der Waals surface area contributed by atoms with Gasteiger partial charge in [-0.3, -0.25) is 4.68 Å². The first-order chi connectivity index (χ1) is 12.2. The summed E-state index contributed by atoms with van der Waals surface area (Å²) in [5.74, 6) is 0.875. The molecule has 1 atom stereocenters. The van der Waals surface area contributed by atoms with Crippen LogP contribution in [0, 0.1) is 0 Å². The van der Waals surface area contributed by atoms with Gasteiger partial charge in [-0.25, -0.2) is 4.98 Å². The Morgan fingerprint density at radius 2 is 2.08 bits per heavy atom. The number of benzene rings is 1. The fraction of sp³-hybridized carbons (Fsp3) is 0.444. The number of fused-ring (bicyclic) bond motifs is 2. The molecular weight excluding hydrogens is 318 g/mol. The van der Waals surface area contributed by atoms with E-state index in [2.05, 4.69) is 14.6 Å². The molecule has 0 amide bonds. The molecule has 0 radical (unpaired) electrons. The molecule has 1 aliphatic heterocycles. The van der Waals surface area contributed by atoms with E-state index in [1.54, 1.807) is 0 Å². The van der Waals surface area contributed by atoms with Gasteiger partial charge in [0.2, 0.25) is 5.95 Å². The van der Waals surface area contributed by atoms with Crippen molar-refractivity contribution in [2.45, 2.75) is 39.1 Å². The lowest BCUT2D eigenvalue weighted by molar-refractivity contribution is 0.168. The van der Waals surface area contributed by atoms with Gasteiger partial charge < -0.3 is 19.7 Å². The molecule has 0 aliphatic carbocycles. The molecule has 0 fully saturated rings. The maximum Gasteiger partial charge on any atom is 0.207 e. The molecule has 132 valence electrons. The van der Waals surface area contributed by atoms with Gasteiger partial charge in [0.1, 0.15) is 0 Å². The fourth-order valence-corrected chi connectivity index (χ4v) is 3.46. The van der Waals surface area contributed by atoms with Crippen molar-refractivity contribution in [3.8, 4) is 0 Å². The molecular formula is C18H23N5O2. The van der Waals surface area contributed by atoms with E-state index in [-0.39, 0.29) is 6.61 Å². The quantitative estimate of drug-likeness (QED) is 0.738. The van der Waals surface area contributed by atoms with E-state index < -0.39 is 6.10 Å². The van der Waals surface area contributed by atoms with Crippen LogP contribution in [-0.2, 0) is 19.6 Å². The van der Waals surface area contributed by atoms with Gasteiger partial charge in [0.05, 0.1) is 48.2 Å². The lowest BCUT2D eigenvalue weighted by atomic mass is 10.2. The van der Waals surface area contributed by atoms with Crippen LogP contribution in [0.5, 0.6) is 0 Å². The summed E-state index contributed by atoms with van der Waals surface area (Å²) in [6, 6.07) is 9.98. The van der Waals surface area contributed by atoms with Gasteiger partial charge in [-0.2, -0.15) is 5.10 Å². The van der Waals surface area contributed by atoms with Crippen LogP contribution in [0.15, 0.2) is 30.3 Å². The molecule has 7 heteroatoms. The SMILES string of the molecule is CC[C@H](O)c1cc2n(n1)CCN(c1nc3ccccc3n1CCO)C2. The normalized spacial score (nSPS) is 15.6. The van der Waals surface area contributed by atoms with Crippen LogP contribution >= 0.6 is 0 Å². The van der Waals surface area contributed by atoms with Crippen LogP contribution in [-0.4, -0.2) is 42.7 Å². The summed E-state index contributed by atoms with van der Waals surface area (Å²) in [6.45, 7) is 4.79. The number of anilines is 1. The van der Waals surface area contributed by atoms with Crippen molar-refractivity contribution in [1.82, 2.24) is 19.3 Å². The van der Waals surface area contributed by atoms with Crippen LogP contribution in [0.25, 0.3) is 11.0 Å². The highest BCUT2D eigenvalue weighted by molar-refractivity contribution is 5.78. The van der Waals surface area contributed by atoms with Crippen molar-refractivity contribution in [1.29, 1.82) is 0 Å². The number of aliphatic hydroxyl groups excluding tert-OH is 2. The molecule has 1 aliphatic rings. The minimum Gasteiger partial charge on any atom is -0.395 e. The zero-order valence-corrected chi connectivity index (χ0v) is 14.3. The van der Waals surface area contributed by atoms with Gasteiger partial charge in [0, 0.05) is 13.1 Å². The second-order valence-corrected chi connectivity index (χ2v) is 6.41. The number of hydrogen-bond acceptors (Lipinski definition) is 5. The maximum atomic E-state index is 10.0. The molecule has 2 aromatic heterocycles. The van der Waals surface area contributed by atoms with E-state index in [1.165, 1.54) is 0 Å². The summed E-state index contributed by atoms with van der Waals surface area (Å²) in [5, 5.41) is 24.0. The second kappa shape index (κ2) is 6.50. The van der Waals surface area contributed by atoms with Crippen LogP contribution in [0.2, 0.25) is 0 Å². The van der Waals surface area contributed by atoms with E-state index in [0.29, 0.717) is 19.5 Å². The Hall–Kier alpha value is -2.38. The highest BCUT2D eigenvalue weighted by atomic mass is 16.3. The number of rotatable bonds is 5. The van der Waals surface area contributed by atoms with E-state index in [1.807, 2.05) is 41.9 Å². The molecule has 25 heavy (non-hydrogen) atoms. The smallest absolute Gasteiger partial charge is 0.207 e. The summed E-state index contributed by atoms with van der Waals surface area (Å²) in [4.78, 5) is 7.00. The third-order valence-corrected chi connectivity index (χ3v) is 4.79. The second-order valence-electron chi connectivity index (χ2n) is 6.41. The molecule has 2 N–H and O–H groups in total. The molecule has 0 bridgehead atoms. The number of hydrogen-bond donors (Lipinski definition) is 2. The van der Waals surface area contributed by atoms with Crippen molar-refractivity contribution in [3.63, 3.8) is 0 Å². The van der Waals surface area contributed by atoms with Gasteiger partial charge in [0.25, 0.3) is 0 Å². The van der Waals surface area contributed by atoms with E-state index in [0.717, 1.165) is 41.5 Å². The predicted octanol–water partition coefficient (Wildman–Crippen LogP) is 1.69. The minimum atomic E-state index is -0.509. The van der Waals surface area contributed by atoms with E-state index in [9.17, 15) is 10.2 Å². The molecule has 3 heterocycles. The summed E-state index contributed by atoms with van der Waals surface area (Å²) in [7, 11) is 0. The number of aliphatic hydroxyl groups is 2. The van der Waals surface area contributed by atoms with Crippen LogP contribution in [0.1, 0.15) is 30.8 Å². The standard InChI is InChI=1S/C18H23N5O2/c1-2-17(25)15-11-13-12-21(7-8-23(13)20-15)18-19-14-5-3-4-6-16(14)22(18)9-10-24/h3-6,11,17,24-25H,2,7-10,12H2,1H3/t17-/m0/s1. The first-order valence-electron chi connectivity index (χ1n) is 8.77. The number of para-hydroxylation sites is 2. The van der Waals surface area contributed by atoms with E-state index in [4.69, 9.17) is 4.98 Å². The lowest BCUT2D eigenvalue weighted by Gasteiger charge is -2.29. The summed E-state index contributed by atoms with van der Waals surface area (Å²) in [5.41, 5.74) is 3.79. The first kappa shape index (κ1) is 16.1. The molecule has 4 rings (SSSR count). The Morgan fingerprint density at radius 1 is 1.24 bits per heavy atom. The Balaban J connectivity index is 1.68. The summed E-state index contributed by atoms with van der Waals surface area (Å²) < 4.78 is 4.05. The highest BCUT2D eigenvalue weighted by Crippen LogP contribution is 2.27. The molecule has 0 unspecified atom stereocenters. The van der Waals surface area contributed by atoms with Crippen molar-refractivity contribution < 1.29 is 10.2 Å². The molecule has 0 spiro atoms. The fourth-order valence-electron chi connectivity index (χ4n) is 3.46. The monoisotopic (exact) mass is 341 g/mol. The first-order valence-corrected chi connectivity index (χ1v) is 8.77. The number of imidazole rings is 1. The Kier molecular flexibility index (Phi) is 4.19. The Labute approximate surface area is 146 Å². The topological polar surface area (TPSA) is 79.3 Å². The third kappa shape index (κ3) is 2.79. The maximum absolute atomic E-state index is 10.0. The largest absolute Gasteiger partial charge is 0.395 e. The van der Waals surface area contributed by atoms with Gasteiger partial charge in [-0.1, -0.05) is 19.1 Å². The van der Waals surface area contributed by atoms with Crippen molar-refractivity contribution in [3.05, 3.63) is 41.7 Å². The summed E-state index contributed by atoms with van der Waals surface area (Å²) >= 11 is 0. The predicted molar refractivity (Wildman–Crippen MR) is 95.3 cm³/mol. The van der Waals surface area contributed by atoms with Crippen molar-refractivity contribution in [2.75, 3.05) is 18.1 Å². The third-order valence-electron chi connectivity index (χ3n) is 4.79. The molecule has 0 saturated heterocycles. The molecule has 1 aromatic carbocycles. The average Bonchev–Trinajstić information content (AvgIpc) is 3.22. The average molecular weight is 341 g/mol. The zero-order valence-electron chi connectivity index (χ0n) is 14.3. The van der Waals surface area contributed by atoms with Crippen molar-refractivity contribution in [2.24, 2.45) is 0 Å². The van der Waals surface area contributed by atoms with Gasteiger partial charge in [0.15, 0.2) is 0 Å². The number of aromatic nitrogens is 4. The lowest BCUT2D eigenvalue weighted by Crippen LogP contribution is -2.35. The molecule has 0 saturated carbocycles. The molecule has 3 aromatic rings. The Bertz CT molecular complexity index is 885. The van der Waals surface area contributed by atoms with Crippen LogP contribution in [0.3, 0.4) is 0 Å².